The predicted octanol–water partition coefficient (Wildman–Crippen LogP) is 7.31. The van der Waals surface area contributed by atoms with Gasteiger partial charge in [0.05, 0.1) is 28.7 Å². The number of phenols is 3. The molecular formula is C38H32O9. The summed E-state index contributed by atoms with van der Waals surface area (Å²) >= 11 is 0. The van der Waals surface area contributed by atoms with Crippen LogP contribution in [0.2, 0.25) is 0 Å². The van der Waals surface area contributed by atoms with E-state index in [-0.39, 0.29) is 55.6 Å². The van der Waals surface area contributed by atoms with Gasteiger partial charge in [-0.15, -0.1) is 0 Å². The minimum Gasteiger partial charge on any atom is -0.504 e. The standard InChI is InChI=1S/C38H32O9/c1-17-15-37(2,3)36-24(20-14-23(44-4)31(41)34-25(20)29(39)18-10-6-8-12-21(18)46-34)26-28(38(36,16-17)45-5)27-30(40)19-11-7-9-13-22(19)47-35(27)33(43)32(26)42/h6-14,16,24,36,41-43H,15H2,1-5H3/t24-,36-,38+/m0/s1. The van der Waals surface area contributed by atoms with Gasteiger partial charge in [-0.2, -0.15) is 0 Å². The summed E-state index contributed by atoms with van der Waals surface area (Å²) in [5.74, 6) is -2.77. The molecule has 0 fully saturated rings. The molecule has 0 spiro atoms. The number of hydrogen-bond acceptors (Lipinski definition) is 9. The highest BCUT2D eigenvalue weighted by atomic mass is 16.5. The number of hydrogen-bond donors (Lipinski definition) is 3. The summed E-state index contributed by atoms with van der Waals surface area (Å²) in [5, 5.41) is 35.7. The van der Waals surface area contributed by atoms with Crippen LogP contribution in [-0.4, -0.2) is 29.5 Å². The molecule has 9 heteroatoms. The van der Waals surface area contributed by atoms with E-state index in [0.717, 1.165) is 5.57 Å². The van der Waals surface area contributed by atoms with Crippen LogP contribution in [-0.2, 0) is 10.3 Å². The first-order valence-corrected chi connectivity index (χ1v) is 15.4. The third kappa shape index (κ3) is 3.63. The number of aromatic hydroxyl groups is 3. The molecule has 3 N–H and O–H groups in total. The molecular weight excluding hydrogens is 600 g/mol. The molecule has 2 heterocycles. The van der Waals surface area contributed by atoms with Crippen LogP contribution in [0.3, 0.4) is 0 Å². The van der Waals surface area contributed by atoms with Crippen molar-refractivity contribution in [1.29, 1.82) is 0 Å². The van der Waals surface area contributed by atoms with Crippen LogP contribution in [0.5, 0.6) is 23.0 Å². The Morgan fingerprint density at radius 2 is 1.38 bits per heavy atom. The Balaban J connectivity index is 1.63. The number of phenolic OH excluding ortho intramolecular Hbond substituents is 3. The first-order chi connectivity index (χ1) is 22.4. The molecule has 47 heavy (non-hydrogen) atoms. The van der Waals surface area contributed by atoms with Crippen LogP contribution >= 0.6 is 0 Å². The largest absolute Gasteiger partial charge is 0.504 e. The fourth-order valence-electron chi connectivity index (χ4n) is 8.73. The summed E-state index contributed by atoms with van der Waals surface area (Å²) in [6.07, 6.45) is 2.62. The number of ether oxygens (including phenoxy) is 2. The Bertz CT molecular complexity index is 2500. The Kier molecular flexibility index (Phi) is 5.97. The van der Waals surface area contributed by atoms with Gasteiger partial charge in [-0.05, 0) is 60.7 Å². The third-order valence-corrected chi connectivity index (χ3v) is 10.3. The molecule has 0 bridgehead atoms. The molecule has 0 saturated heterocycles. The molecule has 0 radical (unpaired) electrons. The zero-order chi connectivity index (χ0) is 33.2. The van der Waals surface area contributed by atoms with Gasteiger partial charge in [0, 0.05) is 30.1 Å². The van der Waals surface area contributed by atoms with Crippen molar-refractivity contribution in [3.8, 4) is 23.0 Å². The summed E-state index contributed by atoms with van der Waals surface area (Å²) in [6, 6.07) is 15.1. The average Bonchev–Trinajstić information content (AvgIpc) is 3.36. The van der Waals surface area contributed by atoms with E-state index >= 15 is 0 Å². The summed E-state index contributed by atoms with van der Waals surface area (Å²) < 4.78 is 24.5. The van der Waals surface area contributed by atoms with Crippen LogP contribution in [0, 0.1) is 11.3 Å². The molecule has 9 nitrogen and oxygen atoms in total. The molecule has 2 aliphatic carbocycles. The van der Waals surface area contributed by atoms with Crippen molar-refractivity contribution >= 4 is 43.9 Å². The Morgan fingerprint density at radius 1 is 0.809 bits per heavy atom. The van der Waals surface area contributed by atoms with Crippen molar-refractivity contribution in [2.75, 3.05) is 14.2 Å². The normalized spacial score (nSPS) is 21.7. The molecule has 0 amide bonds. The topological polar surface area (TPSA) is 140 Å². The minimum absolute atomic E-state index is 0.0535. The van der Waals surface area contributed by atoms with Crippen molar-refractivity contribution < 1.29 is 33.6 Å². The van der Waals surface area contributed by atoms with E-state index in [4.69, 9.17) is 18.3 Å². The van der Waals surface area contributed by atoms with Crippen LogP contribution in [0.4, 0.5) is 0 Å². The maximum atomic E-state index is 14.4. The monoisotopic (exact) mass is 632 g/mol. The van der Waals surface area contributed by atoms with Gasteiger partial charge in [0.2, 0.25) is 22.4 Å². The van der Waals surface area contributed by atoms with E-state index in [1.165, 1.54) is 7.11 Å². The quantitative estimate of drug-likeness (QED) is 0.104. The van der Waals surface area contributed by atoms with E-state index in [1.54, 1.807) is 61.7 Å². The first-order valence-electron chi connectivity index (χ1n) is 15.4. The highest BCUT2D eigenvalue weighted by molar-refractivity contribution is 6.00. The Hall–Kier alpha value is -5.28. The SMILES string of the molecule is COc1cc([C@H]2c3c(O)c(O)c4oc5ccccc5c(=O)c4c3[C@]3(OC)C=C(C)CC(C)(C)[C@H]23)c2c(=O)c3ccccc3oc2c1O. The van der Waals surface area contributed by atoms with E-state index in [2.05, 4.69) is 13.8 Å². The van der Waals surface area contributed by atoms with E-state index < -0.39 is 39.8 Å². The van der Waals surface area contributed by atoms with Gasteiger partial charge in [0.25, 0.3) is 0 Å². The van der Waals surface area contributed by atoms with Gasteiger partial charge in [0.1, 0.15) is 16.8 Å². The van der Waals surface area contributed by atoms with Crippen LogP contribution in [0.25, 0.3) is 43.9 Å². The summed E-state index contributed by atoms with van der Waals surface area (Å²) in [7, 11) is 2.95. The summed E-state index contributed by atoms with van der Waals surface area (Å²) in [5.41, 5.74) is -0.357. The van der Waals surface area contributed by atoms with Crippen LogP contribution < -0.4 is 15.6 Å². The molecule has 4 aromatic carbocycles. The van der Waals surface area contributed by atoms with Crippen molar-refractivity contribution in [3.05, 3.63) is 103 Å². The van der Waals surface area contributed by atoms with Gasteiger partial charge in [0.15, 0.2) is 22.7 Å². The number of benzene rings is 4. The van der Waals surface area contributed by atoms with Crippen LogP contribution in [0.15, 0.2) is 84.7 Å². The fraction of sp³-hybridized carbons (Fsp3) is 0.263. The fourth-order valence-corrected chi connectivity index (χ4v) is 8.73. The smallest absolute Gasteiger partial charge is 0.202 e. The van der Waals surface area contributed by atoms with Crippen LogP contribution in [0.1, 0.15) is 49.8 Å². The lowest BCUT2D eigenvalue weighted by Crippen LogP contribution is -2.46. The summed E-state index contributed by atoms with van der Waals surface area (Å²) in [6.45, 7) is 6.15. The molecule has 2 aromatic heterocycles. The molecule has 3 atom stereocenters. The Labute approximate surface area is 267 Å². The third-order valence-electron chi connectivity index (χ3n) is 10.3. The zero-order valence-corrected chi connectivity index (χ0v) is 26.4. The lowest BCUT2D eigenvalue weighted by Gasteiger charge is -2.49. The van der Waals surface area contributed by atoms with E-state index in [1.807, 2.05) is 13.0 Å². The highest BCUT2D eigenvalue weighted by Gasteiger charge is 2.62. The van der Waals surface area contributed by atoms with Gasteiger partial charge in [-0.1, -0.05) is 43.7 Å². The van der Waals surface area contributed by atoms with Crippen molar-refractivity contribution in [2.24, 2.45) is 11.3 Å². The van der Waals surface area contributed by atoms with Gasteiger partial charge >= 0.3 is 0 Å². The lowest BCUT2D eigenvalue weighted by molar-refractivity contribution is -0.0690. The van der Waals surface area contributed by atoms with Crippen molar-refractivity contribution in [3.63, 3.8) is 0 Å². The number of para-hydroxylation sites is 2. The molecule has 0 unspecified atom stereocenters. The number of rotatable bonds is 3. The van der Waals surface area contributed by atoms with Gasteiger partial charge in [-0.25, -0.2) is 0 Å². The number of allylic oxidation sites excluding steroid dienone is 1. The second kappa shape index (κ2) is 9.62. The average molecular weight is 633 g/mol. The van der Waals surface area contributed by atoms with Gasteiger partial charge in [-0.3, -0.25) is 9.59 Å². The van der Waals surface area contributed by atoms with Gasteiger partial charge < -0.3 is 33.6 Å². The molecule has 2 aliphatic rings. The second-order valence-electron chi connectivity index (χ2n) is 13.4. The Morgan fingerprint density at radius 3 is 1.98 bits per heavy atom. The number of fused-ring (bicyclic) bond motifs is 8. The lowest BCUT2D eigenvalue weighted by atomic mass is 9.59. The molecule has 238 valence electrons. The van der Waals surface area contributed by atoms with Crippen molar-refractivity contribution in [1.82, 2.24) is 0 Å². The summed E-state index contributed by atoms with van der Waals surface area (Å²) in [4.78, 5) is 28.8. The molecule has 8 rings (SSSR count). The van der Waals surface area contributed by atoms with Crippen molar-refractivity contribution in [2.45, 2.75) is 38.7 Å². The molecule has 6 aromatic rings. The zero-order valence-electron chi connectivity index (χ0n) is 26.4. The highest BCUT2D eigenvalue weighted by Crippen LogP contribution is 2.68. The number of methoxy groups -OCH3 is 2. The second-order valence-corrected chi connectivity index (χ2v) is 13.4. The molecule has 0 saturated carbocycles. The minimum atomic E-state index is -1.30. The van der Waals surface area contributed by atoms with E-state index in [9.17, 15) is 24.9 Å². The van der Waals surface area contributed by atoms with E-state index in [0.29, 0.717) is 28.3 Å². The maximum Gasteiger partial charge on any atom is 0.202 e. The first kappa shape index (κ1) is 29.1. The molecule has 0 aliphatic heterocycles. The predicted molar refractivity (Wildman–Crippen MR) is 178 cm³/mol. The maximum absolute atomic E-state index is 14.4.